The first-order chi connectivity index (χ1) is 9.70. The van der Waals surface area contributed by atoms with Crippen LogP contribution in [-0.2, 0) is 5.60 Å². The van der Waals surface area contributed by atoms with Gasteiger partial charge in [-0.25, -0.2) is 0 Å². The van der Waals surface area contributed by atoms with E-state index < -0.39 is 5.60 Å². The average Bonchev–Trinajstić information content (AvgIpc) is 2.91. The third-order valence-electron chi connectivity index (χ3n) is 6.29. The molecule has 0 spiro atoms. The third-order valence-corrected chi connectivity index (χ3v) is 6.29. The lowest BCUT2D eigenvalue weighted by molar-refractivity contribution is -0.147. The predicted octanol–water partition coefficient (Wildman–Crippen LogP) is 2.49. The van der Waals surface area contributed by atoms with Gasteiger partial charge < -0.3 is 15.4 Å². The summed E-state index contributed by atoms with van der Waals surface area (Å²) in [7, 11) is 1.95. The van der Waals surface area contributed by atoms with Crippen LogP contribution in [0.3, 0.4) is 0 Å². The van der Waals surface area contributed by atoms with Gasteiger partial charge in [-0.05, 0) is 75.0 Å². The van der Waals surface area contributed by atoms with Crippen LogP contribution in [0.4, 0.5) is 0 Å². The Kier molecular flexibility index (Phi) is 2.97. The normalized spacial score (nSPS) is 41.8. The zero-order valence-corrected chi connectivity index (χ0v) is 12.3. The van der Waals surface area contributed by atoms with Crippen molar-refractivity contribution in [2.45, 2.75) is 37.7 Å². The van der Waals surface area contributed by atoms with Crippen molar-refractivity contribution in [3.8, 4) is 0 Å². The summed E-state index contributed by atoms with van der Waals surface area (Å²) in [5.41, 5.74) is 0.283. The van der Waals surface area contributed by atoms with E-state index in [2.05, 4.69) is 16.4 Å². The fraction of sp³-hybridized carbons (Fsp3) is 0.765. The van der Waals surface area contributed by atoms with Crippen molar-refractivity contribution in [1.29, 1.82) is 0 Å². The first-order valence-electron chi connectivity index (χ1n) is 8.21. The molecule has 4 saturated carbocycles. The molecule has 0 amide bonds. The van der Waals surface area contributed by atoms with E-state index in [0.29, 0.717) is 12.5 Å². The molecule has 4 aliphatic carbocycles. The molecule has 0 saturated heterocycles. The van der Waals surface area contributed by atoms with E-state index >= 15 is 0 Å². The molecule has 1 aromatic heterocycles. The summed E-state index contributed by atoms with van der Waals surface area (Å²) < 4.78 is 0. The zero-order valence-electron chi connectivity index (χ0n) is 12.3. The average molecular weight is 274 g/mol. The van der Waals surface area contributed by atoms with Gasteiger partial charge in [0, 0.05) is 24.4 Å². The minimum atomic E-state index is -0.721. The van der Waals surface area contributed by atoms with Crippen molar-refractivity contribution in [1.82, 2.24) is 10.3 Å². The van der Waals surface area contributed by atoms with Crippen molar-refractivity contribution >= 4 is 0 Å². The molecule has 0 aromatic carbocycles. The topological polar surface area (TPSA) is 48.0 Å². The van der Waals surface area contributed by atoms with Crippen LogP contribution >= 0.6 is 0 Å². The van der Waals surface area contributed by atoms with E-state index in [1.165, 1.54) is 32.1 Å². The molecule has 3 N–H and O–H groups in total. The fourth-order valence-corrected chi connectivity index (χ4v) is 5.97. The number of aromatic amines is 1. The first kappa shape index (κ1) is 12.9. The van der Waals surface area contributed by atoms with Crippen molar-refractivity contribution in [3.63, 3.8) is 0 Å². The minimum Gasteiger partial charge on any atom is -0.382 e. The SMILES string of the molecule is CNCC(O)(c1ccc[nH]1)C1C2CC3CC(C2)CC1C3. The van der Waals surface area contributed by atoms with E-state index in [1.807, 2.05) is 19.3 Å². The number of aliphatic hydroxyl groups is 1. The number of nitrogens with one attached hydrogen (secondary N) is 2. The summed E-state index contributed by atoms with van der Waals surface area (Å²) >= 11 is 0. The fourth-order valence-electron chi connectivity index (χ4n) is 5.97. The van der Waals surface area contributed by atoms with E-state index in [9.17, 15) is 5.11 Å². The number of hydrogen-bond acceptors (Lipinski definition) is 2. The molecule has 1 unspecified atom stereocenters. The highest BCUT2D eigenvalue weighted by molar-refractivity contribution is 5.19. The van der Waals surface area contributed by atoms with Crippen LogP contribution in [0.25, 0.3) is 0 Å². The second kappa shape index (κ2) is 4.60. The predicted molar refractivity (Wildman–Crippen MR) is 79.2 cm³/mol. The van der Waals surface area contributed by atoms with E-state index in [-0.39, 0.29) is 0 Å². The van der Waals surface area contributed by atoms with Crippen molar-refractivity contribution in [2.75, 3.05) is 13.6 Å². The molecule has 1 aromatic rings. The second-order valence-electron chi connectivity index (χ2n) is 7.49. The molecule has 110 valence electrons. The van der Waals surface area contributed by atoms with Crippen LogP contribution in [0.15, 0.2) is 18.3 Å². The summed E-state index contributed by atoms with van der Waals surface area (Å²) in [4.78, 5) is 3.28. The number of H-pyrrole nitrogens is 1. The lowest BCUT2D eigenvalue weighted by Crippen LogP contribution is -2.56. The Labute approximate surface area is 121 Å². The molecular formula is C17H26N2O. The van der Waals surface area contributed by atoms with Gasteiger partial charge in [-0.15, -0.1) is 0 Å². The molecule has 1 heterocycles. The molecule has 0 radical (unpaired) electrons. The molecule has 3 nitrogen and oxygen atoms in total. The maximum Gasteiger partial charge on any atom is 0.120 e. The summed E-state index contributed by atoms with van der Waals surface area (Å²) in [6.07, 6.45) is 8.81. The molecule has 0 aliphatic heterocycles. The van der Waals surface area contributed by atoms with Crippen LogP contribution < -0.4 is 5.32 Å². The highest BCUT2D eigenvalue weighted by Crippen LogP contribution is 2.60. The first-order valence-corrected chi connectivity index (χ1v) is 8.21. The van der Waals surface area contributed by atoms with Gasteiger partial charge in [0.15, 0.2) is 0 Å². The monoisotopic (exact) mass is 274 g/mol. The molecular weight excluding hydrogens is 248 g/mol. The van der Waals surface area contributed by atoms with Crippen molar-refractivity contribution in [3.05, 3.63) is 24.0 Å². The summed E-state index contributed by atoms with van der Waals surface area (Å²) in [6, 6.07) is 4.06. The van der Waals surface area contributed by atoms with E-state index in [1.54, 1.807) is 0 Å². The Balaban J connectivity index is 1.70. The van der Waals surface area contributed by atoms with Gasteiger partial charge in [0.2, 0.25) is 0 Å². The van der Waals surface area contributed by atoms with Crippen LogP contribution in [0, 0.1) is 29.6 Å². The van der Waals surface area contributed by atoms with Gasteiger partial charge >= 0.3 is 0 Å². The van der Waals surface area contributed by atoms with Gasteiger partial charge in [-0.3, -0.25) is 0 Å². The highest BCUT2D eigenvalue weighted by Gasteiger charge is 2.55. The highest BCUT2D eigenvalue weighted by atomic mass is 16.3. The Morgan fingerprint density at radius 1 is 1.20 bits per heavy atom. The van der Waals surface area contributed by atoms with Gasteiger partial charge in [-0.2, -0.15) is 0 Å². The molecule has 4 fully saturated rings. The lowest BCUT2D eigenvalue weighted by Gasteiger charge is -2.58. The number of rotatable bonds is 4. The quantitative estimate of drug-likeness (QED) is 0.790. The van der Waals surface area contributed by atoms with Gasteiger partial charge in [-0.1, -0.05) is 0 Å². The summed E-state index contributed by atoms with van der Waals surface area (Å²) in [6.45, 7) is 0.653. The third kappa shape index (κ3) is 1.79. The Bertz CT molecular complexity index is 441. The largest absolute Gasteiger partial charge is 0.382 e. The molecule has 4 aliphatic rings. The van der Waals surface area contributed by atoms with Crippen LogP contribution in [-0.4, -0.2) is 23.7 Å². The molecule has 20 heavy (non-hydrogen) atoms. The Morgan fingerprint density at radius 2 is 1.85 bits per heavy atom. The second-order valence-corrected chi connectivity index (χ2v) is 7.49. The standard InChI is InChI=1S/C17H26N2O/c1-18-10-17(20,15-3-2-4-19-15)16-13-6-11-5-12(8-13)9-14(16)7-11/h2-4,11-14,16,18-20H,5-10H2,1H3. The Hall–Kier alpha value is -0.800. The molecule has 5 rings (SSSR count). The number of hydrogen-bond donors (Lipinski definition) is 3. The number of aromatic nitrogens is 1. The minimum absolute atomic E-state index is 0.432. The molecule has 3 heteroatoms. The van der Waals surface area contributed by atoms with Gasteiger partial charge in [0.05, 0.1) is 0 Å². The van der Waals surface area contributed by atoms with E-state index in [0.717, 1.165) is 29.4 Å². The summed E-state index contributed by atoms with van der Waals surface area (Å²) in [5, 5.41) is 14.7. The lowest BCUT2D eigenvalue weighted by atomic mass is 9.48. The maximum atomic E-state index is 11.5. The molecule has 4 bridgehead atoms. The zero-order chi connectivity index (χ0) is 13.7. The smallest absolute Gasteiger partial charge is 0.120 e. The van der Waals surface area contributed by atoms with Crippen molar-refractivity contribution < 1.29 is 5.11 Å². The van der Waals surface area contributed by atoms with Gasteiger partial charge in [0.1, 0.15) is 5.60 Å². The van der Waals surface area contributed by atoms with Crippen LogP contribution in [0.2, 0.25) is 0 Å². The maximum absolute atomic E-state index is 11.5. The van der Waals surface area contributed by atoms with Crippen LogP contribution in [0.5, 0.6) is 0 Å². The van der Waals surface area contributed by atoms with Crippen molar-refractivity contribution in [2.24, 2.45) is 29.6 Å². The molecule has 1 atom stereocenters. The van der Waals surface area contributed by atoms with Gasteiger partial charge in [0.25, 0.3) is 0 Å². The Morgan fingerprint density at radius 3 is 2.35 bits per heavy atom. The summed E-state index contributed by atoms with van der Waals surface area (Å²) in [5.74, 6) is 3.80. The van der Waals surface area contributed by atoms with Crippen LogP contribution in [0.1, 0.15) is 37.8 Å². The number of likely N-dealkylation sites (N-methyl/N-ethyl adjacent to an activating group) is 1. The van der Waals surface area contributed by atoms with E-state index in [4.69, 9.17) is 0 Å².